The lowest BCUT2D eigenvalue weighted by Crippen LogP contribution is -2.12. The van der Waals surface area contributed by atoms with Crippen LogP contribution in [0.15, 0.2) is 54.6 Å². The van der Waals surface area contributed by atoms with Crippen LogP contribution in [0.25, 0.3) is 21.5 Å². The largest absolute Gasteiger partial charge is 0.496 e. The van der Waals surface area contributed by atoms with Crippen LogP contribution in [0, 0.1) is 5.82 Å². The SMILES string of the molecule is COc1cccc2c1c(OC)cc1c3c(ccc12)C(CCc1cc(C(F)(F)F)ccc1F)CCC3. The van der Waals surface area contributed by atoms with E-state index in [0.29, 0.717) is 6.42 Å². The maximum atomic E-state index is 14.3. The number of alkyl halides is 3. The van der Waals surface area contributed by atoms with Gasteiger partial charge >= 0.3 is 6.18 Å². The van der Waals surface area contributed by atoms with E-state index < -0.39 is 17.6 Å². The highest BCUT2D eigenvalue weighted by atomic mass is 19.4. The molecule has 0 saturated heterocycles. The van der Waals surface area contributed by atoms with E-state index in [2.05, 4.69) is 24.3 Å². The average molecular weight is 483 g/mol. The van der Waals surface area contributed by atoms with Crippen LogP contribution in [0.4, 0.5) is 17.6 Å². The van der Waals surface area contributed by atoms with Gasteiger partial charge in [0.25, 0.3) is 0 Å². The molecule has 1 aliphatic carbocycles. The van der Waals surface area contributed by atoms with Gasteiger partial charge in [-0.1, -0.05) is 24.3 Å². The van der Waals surface area contributed by atoms with Gasteiger partial charge in [-0.05, 0) is 101 Å². The van der Waals surface area contributed by atoms with E-state index in [0.717, 1.165) is 70.5 Å². The van der Waals surface area contributed by atoms with Gasteiger partial charge in [0, 0.05) is 0 Å². The molecular formula is C29H26F4O2. The van der Waals surface area contributed by atoms with Crippen molar-refractivity contribution in [2.24, 2.45) is 0 Å². The van der Waals surface area contributed by atoms with E-state index in [1.165, 1.54) is 11.1 Å². The van der Waals surface area contributed by atoms with Crippen molar-refractivity contribution in [2.45, 2.75) is 44.2 Å². The van der Waals surface area contributed by atoms with Gasteiger partial charge in [0.05, 0.1) is 25.2 Å². The van der Waals surface area contributed by atoms with E-state index in [4.69, 9.17) is 9.47 Å². The minimum absolute atomic E-state index is 0.118. The van der Waals surface area contributed by atoms with Crippen molar-refractivity contribution in [1.29, 1.82) is 0 Å². The average Bonchev–Trinajstić information content (AvgIpc) is 2.86. The van der Waals surface area contributed by atoms with Crippen LogP contribution in [-0.2, 0) is 19.0 Å². The standard InChI is InChI=1S/C29H26F4O2/c1-34-26-8-4-7-23-22-13-12-20-17(5-3-6-21(20)24(22)16-27(35-2)28(23)26)9-10-18-15-19(29(31,32)33)11-14-25(18)30/h4,7-8,11-17H,3,5-6,9-10H2,1-2H3. The molecule has 0 fully saturated rings. The molecule has 1 unspecified atom stereocenters. The first-order valence-corrected chi connectivity index (χ1v) is 11.8. The van der Waals surface area contributed by atoms with E-state index in [-0.39, 0.29) is 17.9 Å². The second kappa shape index (κ2) is 9.06. The van der Waals surface area contributed by atoms with Crippen LogP contribution in [-0.4, -0.2) is 14.2 Å². The molecule has 1 aliphatic rings. The molecule has 0 aliphatic heterocycles. The third-order valence-corrected chi connectivity index (χ3v) is 7.23. The van der Waals surface area contributed by atoms with Gasteiger partial charge in [-0.3, -0.25) is 0 Å². The Labute approximate surface area is 201 Å². The third kappa shape index (κ3) is 4.19. The number of halogens is 4. The number of aryl methyl sites for hydroxylation is 2. The number of benzene rings is 4. The van der Waals surface area contributed by atoms with Crippen molar-refractivity contribution in [3.63, 3.8) is 0 Å². The van der Waals surface area contributed by atoms with Gasteiger partial charge in [0.15, 0.2) is 0 Å². The topological polar surface area (TPSA) is 18.5 Å². The second-order valence-electron chi connectivity index (χ2n) is 9.12. The molecule has 4 aromatic carbocycles. The summed E-state index contributed by atoms with van der Waals surface area (Å²) in [7, 11) is 3.29. The first-order chi connectivity index (χ1) is 16.8. The van der Waals surface area contributed by atoms with Gasteiger partial charge in [0.1, 0.15) is 17.3 Å². The summed E-state index contributed by atoms with van der Waals surface area (Å²) >= 11 is 0. The number of methoxy groups -OCH3 is 2. The summed E-state index contributed by atoms with van der Waals surface area (Å²) in [5, 5.41) is 4.21. The molecule has 0 spiro atoms. The number of hydrogen-bond acceptors (Lipinski definition) is 2. The van der Waals surface area contributed by atoms with E-state index in [9.17, 15) is 17.6 Å². The number of ether oxygens (including phenoxy) is 2. The van der Waals surface area contributed by atoms with Crippen LogP contribution in [0.3, 0.4) is 0 Å². The van der Waals surface area contributed by atoms with Crippen molar-refractivity contribution in [2.75, 3.05) is 14.2 Å². The van der Waals surface area contributed by atoms with Gasteiger partial charge in [-0.15, -0.1) is 0 Å². The minimum Gasteiger partial charge on any atom is -0.496 e. The van der Waals surface area contributed by atoms with E-state index >= 15 is 0 Å². The normalized spacial score (nSPS) is 15.9. The maximum absolute atomic E-state index is 14.3. The second-order valence-corrected chi connectivity index (χ2v) is 9.12. The fraction of sp³-hybridized carbons (Fsp3) is 0.310. The highest BCUT2D eigenvalue weighted by Crippen LogP contribution is 2.44. The Bertz CT molecular complexity index is 1410. The molecule has 0 saturated carbocycles. The van der Waals surface area contributed by atoms with Crippen LogP contribution < -0.4 is 9.47 Å². The van der Waals surface area contributed by atoms with Crippen LogP contribution in [0.5, 0.6) is 11.5 Å². The molecule has 0 heterocycles. The lowest BCUT2D eigenvalue weighted by atomic mass is 9.77. The fourth-order valence-corrected chi connectivity index (χ4v) is 5.54. The minimum atomic E-state index is -4.48. The lowest BCUT2D eigenvalue weighted by Gasteiger charge is -2.28. The Morgan fingerprint density at radius 2 is 1.69 bits per heavy atom. The van der Waals surface area contributed by atoms with Crippen molar-refractivity contribution in [3.05, 3.63) is 82.7 Å². The molecule has 0 N–H and O–H groups in total. The molecule has 0 amide bonds. The molecule has 4 aromatic rings. The Kier molecular flexibility index (Phi) is 6.07. The Morgan fingerprint density at radius 3 is 2.43 bits per heavy atom. The molecule has 5 rings (SSSR count). The van der Waals surface area contributed by atoms with Crippen LogP contribution >= 0.6 is 0 Å². The fourth-order valence-electron chi connectivity index (χ4n) is 5.54. The quantitative estimate of drug-likeness (QED) is 0.211. The molecule has 182 valence electrons. The van der Waals surface area contributed by atoms with Crippen molar-refractivity contribution >= 4 is 21.5 Å². The number of rotatable bonds is 5. The summed E-state index contributed by atoms with van der Waals surface area (Å²) in [6.45, 7) is 0. The van der Waals surface area contributed by atoms with E-state index in [1.54, 1.807) is 14.2 Å². The zero-order valence-corrected chi connectivity index (χ0v) is 19.6. The summed E-state index contributed by atoms with van der Waals surface area (Å²) < 4.78 is 65.0. The lowest BCUT2D eigenvalue weighted by molar-refractivity contribution is -0.137. The molecular weight excluding hydrogens is 456 g/mol. The van der Waals surface area contributed by atoms with Gasteiger partial charge in [-0.2, -0.15) is 13.2 Å². The summed E-state index contributed by atoms with van der Waals surface area (Å²) in [4.78, 5) is 0. The summed E-state index contributed by atoms with van der Waals surface area (Å²) in [6.07, 6.45) is -0.813. The highest BCUT2D eigenvalue weighted by Gasteiger charge is 2.31. The molecule has 6 heteroatoms. The monoisotopic (exact) mass is 482 g/mol. The molecule has 35 heavy (non-hydrogen) atoms. The van der Waals surface area contributed by atoms with Gasteiger partial charge < -0.3 is 9.47 Å². The predicted octanol–water partition coefficient (Wildman–Crippen LogP) is 8.22. The molecule has 0 radical (unpaired) electrons. The summed E-state index contributed by atoms with van der Waals surface area (Å²) in [5.41, 5.74) is 1.75. The van der Waals surface area contributed by atoms with Gasteiger partial charge in [0.2, 0.25) is 0 Å². The number of hydrogen-bond donors (Lipinski definition) is 0. The first-order valence-electron chi connectivity index (χ1n) is 11.8. The third-order valence-electron chi connectivity index (χ3n) is 7.23. The predicted molar refractivity (Wildman–Crippen MR) is 130 cm³/mol. The zero-order chi connectivity index (χ0) is 24.7. The number of fused-ring (bicyclic) bond motifs is 5. The zero-order valence-electron chi connectivity index (χ0n) is 19.6. The van der Waals surface area contributed by atoms with Crippen LogP contribution in [0.2, 0.25) is 0 Å². The van der Waals surface area contributed by atoms with Gasteiger partial charge in [-0.25, -0.2) is 4.39 Å². The molecule has 2 nitrogen and oxygen atoms in total. The molecule has 0 bridgehead atoms. The van der Waals surface area contributed by atoms with Crippen LogP contribution in [0.1, 0.15) is 47.4 Å². The first kappa shape index (κ1) is 23.5. The van der Waals surface area contributed by atoms with Crippen molar-refractivity contribution in [1.82, 2.24) is 0 Å². The maximum Gasteiger partial charge on any atom is 0.416 e. The Morgan fingerprint density at radius 1 is 0.886 bits per heavy atom. The molecule has 0 aromatic heterocycles. The summed E-state index contributed by atoms with van der Waals surface area (Å²) in [5.74, 6) is 1.06. The Balaban J connectivity index is 1.54. The smallest absolute Gasteiger partial charge is 0.416 e. The highest BCUT2D eigenvalue weighted by molar-refractivity contribution is 6.13. The Hall–Kier alpha value is -3.28. The summed E-state index contributed by atoms with van der Waals surface area (Å²) in [6, 6.07) is 14.9. The molecule has 1 atom stereocenters. The van der Waals surface area contributed by atoms with Crippen molar-refractivity contribution in [3.8, 4) is 11.5 Å². The van der Waals surface area contributed by atoms with Crippen molar-refractivity contribution < 1.29 is 27.0 Å². The van der Waals surface area contributed by atoms with E-state index in [1.807, 2.05) is 12.1 Å².